The molecule has 1 amide bonds. The Bertz CT molecular complexity index is 680. The van der Waals surface area contributed by atoms with Crippen LogP contribution in [-0.2, 0) is 11.2 Å². The number of rotatable bonds is 4. The molecule has 2 N–H and O–H groups in total. The van der Waals surface area contributed by atoms with Gasteiger partial charge in [-0.05, 0) is 30.7 Å². The lowest BCUT2D eigenvalue weighted by Gasteiger charge is -2.09. The summed E-state index contributed by atoms with van der Waals surface area (Å²) in [6, 6.07) is 12.4. The fourth-order valence-electron chi connectivity index (χ4n) is 1.89. The zero-order valence-electron chi connectivity index (χ0n) is 11.4. The minimum absolute atomic E-state index is 0.0571. The summed E-state index contributed by atoms with van der Waals surface area (Å²) in [4.78, 5) is 23.2. The predicted octanol–water partition coefficient (Wildman–Crippen LogP) is 3.64. The van der Waals surface area contributed by atoms with Crippen molar-refractivity contribution in [3.05, 3.63) is 63.6 Å². The summed E-state index contributed by atoms with van der Waals surface area (Å²) >= 11 is 3.22. The molecule has 5 heteroatoms. The smallest absolute Gasteiger partial charge is 0.337 e. The standard InChI is InChI=1S/C16H14BrNO3/c1-10-2-4-11(5-3-10)8-15(19)18-14-7-6-12(17)9-13(14)16(20)21/h2-7,9H,8H2,1H3,(H,18,19)(H,20,21). The van der Waals surface area contributed by atoms with E-state index in [2.05, 4.69) is 21.2 Å². The summed E-state index contributed by atoms with van der Waals surface area (Å²) in [6.45, 7) is 1.98. The molecule has 0 aliphatic carbocycles. The van der Waals surface area contributed by atoms with Crippen molar-refractivity contribution in [2.45, 2.75) is 13.3 Å². The number of carbonyl (C=O) groups is 2. The van der Waals surface area contributed by atoms with Gasteiger partial charge in [-0.15, -0.1) is 0 Å². The molecule has 0 bridgehead atoms. The highest BCUT2D eigenvalue weighted by molar-refractivity contribution is 9.10. The Hall–Kier alpha value is -2.14. The largest absolute Gasteiger partial charge is 0.478 e. The predicted molar refractivity (Wildman–Crippen MR) is 84.6 cm³/mol. The van der Waals surface area contributed by atoms with E-state index in [1.54, 1.807) is 12.1 Å². The van der Waals surface area contributed by atoms with Crippen LogP contribution in [0.1, 0.15) is 21.5 Å². The third kappa shape index (κ3) is 4.16. The van der Waals surface area contributed by atoms with Gasteiger partial charge in [0.2, 0.25) is 5.91 Å². The van der Waals surface area contributed by atoms with Gasteiger partial charge < -0.3 is 10.4 Å². The molecule has 0 saturated carbocycles. The second kappa shape index (κ2) is 6.54. The lowest BCUT2D eigenvalue weighted by molar-refractivity contribution is -0.115. The van der Waals surface area contributed by atoms with Gasteiger partial charge in [0, 0.05) is 4.47 Å². The van der Waals surface area contributed by atoms with Gasteiger partial charge >= 0.3 is 5.97 Å². The number of carboxylic acid groups (broad SMARTS) is 1. The molecule has 2 aromatic rings. The van der Waals surface area contributed by atoms with Crippen molar-refractivity contribution in [2.75, 3.05) is 5.32 Å². The molecule has 0 heterocycles. The fourth-order valence-corrected chi connectivity index (χ4v) is 2.25. The number of anilines is 1. The first kappa shape index (κ1) is 15.3. The Balaban J connectivity index is 2.12. The van der Waals surface area contributed by atoms with Crippen LogP contribution in [0.5, 0.6) is 0 Å². The number of aromatic carboxylic acids is 1. The number of amides is 1. The van der Waals surface area contributed by atoms with E-state index in [4.69, 9.17) is 5.11 Å². The van der Waals surface area contributed by atoms with Crippen LogP contribution in [0.2, 0.25) is 0 Å². The summed E-state index contributed by atoms with van der Waals surface area (Å²) in [6.07, 6.45) is 0.204. The number of nitrogens with one attached hydrogen (secondary N) is 1. The Labute approximate surface area is 130 Å². The number of benzene rings is 2. The number of carbonyl (C=O) groups excluding carboxylic acids is 1. The van der Waals surface area contributed by atoms with Gasteiger partial charge in [0.1, 0.15) is 0 Å². The minimum Gasteiger partial charge on any atom is -0.478 e. The number of hydrogen-bond donors (Lipinski definition) is 2. The maximum absolute atomic E-state index is 12.0. The minimum atomic E-state index is -1.08. The molecule has 0 spiro atoms. The van der Waals surface area contributed by atoms with Gasteiger partial charge in [-0.25, -0.2) is 4.79 Å². The van der Waals surface area contributed by atoms with Gasteiger partial charge in [0.25, 0.3) is 0 Å². The maximum Gasteiger partial charge on any atom is 0.337 e. The number of carboxylic acids is 1. The molecule has 0 aliphatic rings. The van der Waals surface area contributed by atoms with Gasteiger partial charge in [-0.3, -0.25) is 4.79 Å². The van der Waals surface area contributed by atoms with Crippen LogP contribution < -0.4 is 5.32 Å². The zero-order chi connectivity index (χ0) is 15.4. The molecule has 21 heavy (non-hydrogen) atoms. The molecule has 0 aliphatic heterocycles. The van der Waals surface area contributed by atoms with Crippen molar-refractivity contribution >= 4 is 33.5 Å². The zero-order valence-corrected chi connectivity index (χ0v) is 13.0. The second-order valence-electron chi connectivity index (χ2n) is 4.71. The molecule has 2 aromatic carbocycles. The first-order valence-electron chi connectivity index (χ1n) is 6.34. The first-order chi connectivity index (χ1) is 9.95. The van der Waals surface area contributed by atoms with Crippen molar-refractivity contribution in [3.8, 4) is 0 Å². The van der Waals surface area contributed by atoms with Crippen LogP contribution in [0.4, 0.5) is 5.69 Å². The lowest BCUT2D eigenvalue weighted by atomic mass is 10.1. The van der Waals surface area contributed by atoms with Crippen LogP contribution in [-0.4, -0.2) is 17.0 Å². The van der Waals surface area contributed by atoms with Crippen molar-refractivity contribution < 1.29 is 14.7 Å². The van der Waals surface area contributed by atoms with E-state index >= 15 is 0 Å². The fraction of sp³-hybridized carbons (Fsp3) is 0.125. The average molecular weight is 348 g/mol. The summed E-state index contributed by atoms with van der Waals surface area (Å²) in [5.41, 5.74) is 2.36. The van der Waals surface area contributed by atoms with Gasteiger partial charge in [0.15, 0.2) is 0 Å². The first-order valence-corrected chi connectivity index (χ1v) is 7.13. The Kier molecular flexibility index (Phi) is 4.75. The monoisotopic (exact) mass is 347 g/mol. The molecule has 0 radical (unpaired) electrons. The molecular weight excluding hydrogens is 334 g/mol. The number of halogens is 1. The van der Waals surface area contributed by atoms with E-state index in [0.29, 0.717) is 10.2 Å². The maximum atomic E-state index is 12.0. The van der Waals surface area contributed by atoms with Gasteiger partial charge in [-0.1, -0.05) is 45.8 Å². The van der Waals surface area contributed by atoms with Crippen molar-refractivity contribution in [3.63, 3.8) is 0 Å². The highest BCUT2D eigenvalue weighted by atomic mass is 79.9. The van der Waals surface area contributed by atoms with Crippen LogP contribution >= 0.6 is 15.9 Å². The topological polar surface area (TPSA) is 66.4 Å². The SMILES string of the molecule is Cc1ccc(CC(=O)Nc2ccc(Br)cc2C(=O)O)cc1. The molecule has 0 saturated heterocycles. The van der Waals surface area contributed by atoms with E-state index in [1.165, 1.54) is 6.07 Å². The van der Waals surface area contributed by atoms with Gasteiger partial charge in [0.05, 0.1) is 17.7 Å². The summed E-state index contributed by atoms with van der Waals surface area (Å²) < 4.78 is 0.649. The molecule has 0 atom stereocenters. The summed E-state index contributed by atoms with van der Waals surface area (Å²) in [5, 5.41) is 11.8. The van der Waals surface area contributed by atoms with Crippen LogP contribution in [0.3, 0.4) is 0 Å². The second-order valence-corrected chi connectivity index (χ2v) is 5.62. The Morgan fingerprint density at radius 2 is 1.81 bits per heavy atom. The van der Waals surface area contributed by atoms with Crippen molar-refractivity contribution in [2.24, 2.45) is 0 Å². The van der Waals surface area contributed by atoms with E-state index in [-0.39, 0.29) is 17.9 Å². The molecule has 2 rings (SSSR count). The van der Waals surface area contributed by atoms with E-state index in [1.807, 2.05) is 31.2 Å². The molecule has 0 unspecified atom stereocenters. The van der Waals surface area contributed by atoms with Crippen LogP contribution in [0.25, 0.3) is 0 Å². The third-order valence-corrected chi connectivity index (χ3v) is 3.46. The van der Waals surface area contributed by atoms with E-state index in [0.717, 1.165) is 11.1 Å². The summed E-state index contributed by atoms with van der Waals surface area (Å²) in [7, 11) is 0. The Morgan fingerprint density at radius 1 is 1.14 bits per heavy atom. The van der Waals surface area contributed by atoms with Crippen molar-refractivity contribution in [1.82, 2.24) is 0 Å². The van der Waals surface area contributed by atoms with E-state index in [9.17, 15) is 9.59 Å². The number of hydrogen-bond acceptors (Lipinski definition) is 2. The molecule has 4 nitrogen and oxygen atoms in total. The molecule has 0 fully saturated rings. The Morgan fingerprint density at radius 3 is 2.43 bits per heavy atom. The van der Waals surface area contributed by atoms with Gasteiger partial charge in [-0.2, -0.15) is 0 Å². The lowest BCUT2D eigenvalue weighted by Crippen LogP contribution is -2.16. The highest BCUT2D eigenvalue weighted by Crippen LogP contribution is 2.21. The average Bonchev–Trinajstić information content (AvgIpc) is 2.43. The molecule has 108 valence electrons. The van der Waals surface area contributed by atoms with Crippen LogP contribution in [0, 0.1) is 6.92 Å². The molecule has 0 aromatic heterocycles. The quantitative estimate of drug-likeness (QED) is 0.887. The summed E-state index contributed by atoms with van der Waals surface area (Å²) in [5.74, 6) is -1.33. The highest BCUT2D eigenvalue weighted by Gasteiger charge is 2.13. The van der Waals surface area contributed by atoms with Crippen LogP contribution in [0.15, 0.2) is 46.9 Å². The normalized spacial score (nSPS) is 10.2. The van der Waals surface area contributed by atoms with E-state index < -0.39 is 5.97 Å². The third-order valence-electron chi connectivity index (χ3n) is 2.97. The molecular formula is C16H14BrNO3. The van der Waals surface area contributed by atoms with Crippen molar-refractivity contribution in [1.29, 1.82) is 0 Å². The number of aryl methyl sites for hydroxylation is 1.